The summed E-state index contributed by atoms with van der Waals surface area (Å²) in [5.74, 6) is 0. The van der Waals surface area contributed by atoms with E-state index in [9.17, 15) is 8.42 Å². The number of hydrogen-bond acceptors (Lipinski definition) is 5. The maximum Gasteiger partial charge on any atom is 0.248 e. The van der Waals surface area contributed by atoms with E-state index in [1.54, 1.807) is 0 Å². The minimum atomic E-state index is -3.41. The highest BCUT2D eigenvalue weighted by Crippen LogP contribution is 2.10. The van der Waals surface area contributed by atoms with E-state index in [1.165, 1.54) is 6.07 Å². The average molecular weight is 236 g/mol. The molecule has 2 N–H and O–H groups in total. The van der Waals surface area contributed by atoms with Crippen molar-refractivity contribution in [2.24, 2.45) is 5.73 Å². The summed E-state index contributed by atoms with van der Waals surface area (Å²) >= 11 is 5.64. The minimum absolute atomic E-state index is 0.115. The summed E-state index contributed by atoms with van der Waals surface area (Å²) in [5.41, 5.74) is 5.85. The normalized spacial score (nSPS) is 11.6. The van der Waals surface area contributed by atoms with Gasteiger partial charge in [-0.1, -0.05) is 11.6 Å². The highest BCUT2D eigenvalue weighted by molar-refractivity contribution is 7.90. The zero-order valence-electron chi connectivity index (χ0n) is 7.57. The monoisotopic (exact) mass is 235 g/mol. The van der Waals surface area contributed by atoms with Crippen LogP contribution >= 0.6 is 11.6 Å². The van der Waals surface area contributed by atoms with Crippen molar-refractivity contribution in [2.75, 3.05) is 12.8 Å². The second-order valence-corrected chi connectivity index (χ2v) is 5.07. The van der Waals surface area contributed by atoms with Crippen LogP contribution in [0.25, 0.3) is 0 Å². The lowest BCUT2D eigenvalue weighted by atomic mass is 10.3. The van der Waals surface area contributed by atoms with Crippen molar-refractivity contribution in [1.29, 1.82) is 0 Å². The maximum absolute atomic E-state index is 11.1. The third kappa shape index (κ3) is 2.90. The van der Waals surface area contributed by atoms with Crippen molar-refractivity contribution in [1.82, 2.24) is 9.97 Å². The molecule has 0 saturated heterocycles. The molecule has 14 heavy (non-hydrogen) atoms. The number of halogens is 1. The predicted molar refractivity (Wildman–Crippen MR) is 52.9 cm³/mol. The van der Waals surface area contributed by atoms with Gasteiger partial charge in [0.25, 0.3) is 0 Å². The molecule has 0 radical (unpaired) electrons. The summed E-state index contributed by atoms with van der Waals surface area (Å²) < 4.78 is 22.3. The Morgan fingerprint density at radius 3 is 2.64 bits per heavy atom. The number of sulfone groups is 1. The molecule has 7 heteroatoms. The molecule has 0 aromatic carbocycles. The zero-order valence-corrected chi connectivity index (χ0v) is 9.14. The Hall–Kier alpha value is -0.720. The molecule has 0 atom stereocenters. The van der Waals surface area contributed by atoms with Crippen LogP contribution in [-0.2, 0) is 16.3 Å². The van der Waals surface area contributed by atoms with Gasteiger partial charge >= 0.3 is 0 Å². The maximum atomic E-state index is 11.1. The van der Waals surface area contributed by atoms with Crippen molar-refractivity contribution in [3.63, 3.8) is 0 Å². The lowest BCUT2D eigenvalue weighted by molar-refractivity contribution is 0.591. The molecule has 0 amide bonds. The number of rotatable bonds is 3. The third-order valence-electron chi connectivity index (χ3n) is 1.46. The molecule has 1 aromatic heterocycles. The first-order chi connectivity index (χ1) is 6.43. The Labute approximate surface area is 87.2 Å². The fourth-order valence-corrected chi connectivity index (χ4v) is 1.69. The SMILES string of the molecule is CS(=O)(=O)c1nc(Cl)cc(CCN)n1. The molecule has 0 unspecified atom stereocenters. The van der Waals surface area contributed by atoms with Crippen LogP contribution in [0.3, 0.4) is 0 Å². The van der Waals surface area contributed by atoms with Crippen LogP contribution in [0.1, 0.15) is 5.69 Å². The summed E-state index contributed by atoms with van der Waals surface area (Å²) in [4.78, 5) is 7.44. The highest BCUT2D eigenvalue weighted by Gasteiger charge is 2.13. The zero-order chi connectivity index (χ0) is 10.8. The molecule has 1 aromatic rings. The minimum Gasteiger partial charge on any atom is -0.330 e. The van der Waals surface area contributed by atoms with Crippen LogP contribution in [-0.4, -0.2) is 31.2 Å². The number of nitrogens with zero attached hydrogens (tertiary/aromatic N) is 2. The van der Waals surface area contributed by atoms with Gasteiger partial charge in [0.15, 0.2) is 0 Å². The molecule has 0 bridgehead atoms. The molecule has 0 aliphatic heterocycles. The van der Waals surface area contributed by atoms with E-state index >= 15 is 0 Å². The van der Waals surface area contributed by atoms with E-state index in [-0.39, 0.29) is 10.3 Å². The Morgan fingerprint density at radius 2 is 2.14 bits per heavy atom. The van der Waals surface area contributed by atoms with E-state index in [2.05, 4.69) is 9.97 Å². The fraction of sp³-hybridized carbons (Fsp3) is 0.429. The van der Waals surface area contributed by atoms with Gasteiger partial charge in [-0.3, -0.25) is 0 Å². The van der Waals surface area contributed by atoms with Gasteiger partial charge in [0.1, 0.15) is 5.15 Å². The first-order valence-electron chi connectivity index (χ1n) is 3.87. The van der Waals surface area contributed by atoms with Gasteiger partial charge in [0, 0.05) is 18.4 Å². The van der Waals surface area contributed by atoms with E-state index < -0.39 is 9.84 Å². The molecule has 78 valence electrons. The summed E-state index contributed by atoms with van der Waals surface area (Å²) in [6.45, 7) is 0.385. The van der Waals surface area contributed by atoms with Gasteiger partial charge in [-0.05, 0) is 12.6 Å². The van der Waals surface area contributed by atoms with E-state index in [0.717, 1.165) is 6.26 Å². The Bertz CT molecular complexity index is 433. The second kappa shape index (κ2) is 4.20. The molecule has 1 heterocycles. The van der Waals surface area contributed by atoms with Crippen molar-refractivity contribution >= 4 is 21.4 Å². The molecule has 0 fully saturated rings. The molecule has 0 aliphatic carbocycles. The number of nitrogens with two attached hydrogens (primary N) is 1. The Morgan fingerprint density at radius 1 is 1.50 bits per heavy atom. The molecule has 5 nitrogen and oxygen atoms in total. The van der Waals surface area contributed by atoms with Gasteiger partial charge in [0.2, 0.25) is 15.0 Å². The van der Waals surface area contributed by atoms with Crippen LogP contribution in [0.5, 0.6) is 0 Å². The van der Waals surface area contributed by atoms with Gasteiger partial charge < -0.3 is 5.73 Å². The lowest BCUT2D eigenvalue weighted by Gasteiger charge is -2.01. The largest absolute Gasteiger partial charge is 0.330 e. The van der Waals surface area contributed by atoms with Gasteiger partial charge in [-0.25, -0.2) is 18.4 Å². The van der Waals surface area contributed by atoms with Crippen LogP contribution in [0, 0.1) is 0 Å². The van der Waals surface area contributed by atoms with E-state index in [1.807, 2.05) is 0 Å². The first kappa shape index (κ1) is 11.4. The van der Waals surface area contributed by atoms with E-state index in [4.69, 9.17) is 17.3 Å². The van der Waals surface area contributed by atoms with Crippen molar-refractivity contribution in [3.8, 4) is 0 Å². The summed E-state index contributed by atoms with van der Waals surface area (Å²) in [5, 5.41) is -0.141. The topological polar surface area (TPSA) is 85.9 Å². The van der Waals surface area contributed by atoms with Crippen LogP contribution in [0.4, 0.5) is 0 Å². The standard InChI is InChI=1S/C7H10ClN3O2S/c1-14(12,13)7-10-5(2-3-9)4-6(8)11-7/h4H,2-3,9H2,1H3. The summed E-state index contributed by atoms with van der Waals surface area (Å²) in [7, 11) is -3.41. The fourth-order valence-electron chi connectivity index (χ4n) is 0.883. The highest BCUT2D eigenvalue weighted by atomic mass is 35.5. The quantitative estimate of drug-likeness (QED) is 0.590. The van der Waals surface area contributed by atoms with Crippen LogP contribution in [0.2, 0.25) is 5.15 Å². The molecule has 1 rings (SSSR count). The molecular weight excluding hydrogens is 226 g/mol. The summed E-state index contributed by atoms with van der Waals surface area (Å²) in [6, 6.07) is 1.50. The smallest absolute Gasteiger partial charge is 0.248 e. The summed E-state index contributed by atoms with van der Waals surface area (Å²) in [6.07, 6.45) is 1.51. The first-order valence-corrected chi connectivity index (χ1v) is 6.14. The van der Waals surface area contributed by atoms with Gasteiger partial charge in [-0.15, -0.1) is 0 Å². The van der Waals surface area contributed by atoms with Crippen molar-refractivity contribution < 1.29 is 8.42 Å². The molecule has 0 spiro atoms. The third-order valence-corrected chi connectivity index (χ3v) is 2.50. The van der Waals surface area contributed by atoms with Crippen LogP contribution < -0.4 is 5.73 Å². The van der Waals surface area contributed by atoms with E-state index in [0.29, 0.717) is 18.7 Å². The van der Waals surface area contributed by atoms with Crippen molar-refractivity contribution in [2.45, 2.75) is 11.6 Å². The predicted octanol–water partition coefficient (Wildman–Crippen LogP) is 0.0347. The van der Waals surface area contributed by atoms with Crippen molar-refractivity contribution in [3.05, 3.63) is 16.9 Å². The molecular formula is C7H10ClN3O2S. The van der Waals surface area contributed by atoms with Crippen LogP contribution in [0.15, 0.2) is 11.2 Å². The number of hydrogen-bond donors (Lipinski definition) is 1. The Balaban J connectivity index is 3.21. The van der Waals surface area contributed by atoms with Gasteiger partial charge in [0.05, 0.1) is 0 Å². The number of aromatic nitrogens is 2. The molecule has 0 aliphatic rings. The Kier molecular flexibility index (Phi) is 3.41. The average Bonchev–Trinajstić information content (AvgIpc) is 2.02. The second-order valence-electron chi connectivity index (χ2n) is 2.78. The lowest BCUT2D eigenvalue weighted by Crippen LogP contribution is -2.10. The molecule has 0 saturated carbocycles. The van der Waals surface area contributed by atoms with Gasteiger partial charge in [-0.2, -0.15) is 0 Å².